The average Bonchev–Trinajstić information content (AvgIpc) is 3.11. The van der Waals surface area contributed by atoms with Crippen molar-refractivity contribution in [3.8, 4) is 11.5 Å². The summed E-state index contributed by atoms with van der Waals surface area (Å²) >= 11 is 11.5. The summed E-state index contributed by atoms with van der Waals surface area (Å²) < 4.78 is 10.4. The number of aromatic nitrogens is 3. The summed E-state index contributed by atoms with van der Waals surface area (Å²) in [6.45, 7) is -0.265. The van der Waals surface area contributed by atoms with Crippen LogP contribution in [0.3, 0.4) is 0 Å². The number of benzene rings is 1. The van der Waals surface area contributed by atoms with Crippen LogP contribution < -0.4 is 0 Å². The molecule has 1 aromatic carbocycles. The van der Waals surface area contributed by atoms with E-state index in [9.17, 15) is 14.9 Å². The fraction of sp³-hybridized carbons (Fsp3) is 0.0667. The monoisotopic (exact) mass is 394 g/mol. The molecule has 0 saturated carbocycles. The minimum absolute atomic E-state index is 0.0553. The number of nitro groups is 1. The lowest BCUT2D eigenvalue weighted by atomic mass is 10.2. The molecule has 3 aromatic rings. The zero-order chi connectivity index (χ0) is 18.7. The molecule has 0 bridgehead atoms. The standard InChI is InChI=1S/C15H8Cl2N4O5/c16-11-5-9(6-18-13(11)17)15(22)25-7-12-19-20-14(26-12)8-1-3-10(4-2-8)21(23)24/h1-6H,7H2. The van der Waals surface area contributed by atoms with E-state index in [1.165, 1.54) is 36.5 Å². The Morgan fingerprint density at radius 3 is 2.62 bits per heavy atom. The Balaban J connectivity index is 1.65. The Morgan fingerprint density at radius 1 is 1.23 bits per heavy atom. The van der Waals surface area contributed by atoms with Gasteiger partial charge >= 0.3 is 5.97 Å². The lowest BCUT2D eigenvalue weighted by molar-refractivity contribution is -0.384. The molecule has 0 fully saturated rings. The maximum absolute atomic E-state index is 11.9. The first-order valence-corrected chi connectivity index (χ1v) is 7.75. The van der Waals surface area contributed by atoms with E-state index < -0.39 is 10.9 Å². The number of nitro benzene ring substituents is 1. The Labute approximate surface area is 155 Å². The van der Waals surface area contributed by atoms with Crippen LogP contribution in [0.15, 0.2) is 40.9 Å². The van der Waals surface area contributed by atoms with Gasteiger partial charge in [0.2, 0.25) is 5.89 Å². The van der Waals surface area contributed by atoms with Gasteiger partial charge in [-0.1, -0.05) is 23.2 Å². The summed E-state index contributed by atoms with van der Waals surface area (Å²) in [6.07, 6.45) is 1.23. The first-order chi connectivity index (χ1) is 12.4. The van der Waals surface area contributed by atoms with E-state index in [1.807, 2.05) is 0 Å². The van der Waals surface area contributed by atoms with Crippen LogP contribution in [0, 0.1) is 10.1 Å². The van der Waals surface area contributed by atoms with Crippen molar-refractivity contribution in [2.24, 2.45) is 0 Å². The molecule has 0 radical (unpaired) electrons. The zero-order valence-electron chi connectivity index (χ0n) is 12.8. The van der Waals surface area contributed by atoms with Crippen LogP contribution in [-0.4, -0.2) is 26.1 Å². The van der Waals surface area contributed by atoms with Crippen molar-refractivity contribution < 1.29 is 18.9 Å². The number of carbonyl (C=O) groups excluding carboxylic acids is 1. The van der Waals surface area contributed by atoms with Crippen molar-refractivity contribution in [2.45, 2.75) is 6.61 Å². The molecule has 0 aliphatic carbocycles. The van der Waals surface area contributed by atoms with Crippen molar-refractivity contribution in [3.63, 3.8) is 0 Å². The number of hydrogen-bond donors (Lipinski definition) is 0. The van der Waals surface area contributed by atoms with Crippen molar-refractivity contribution in [2.75, 3.05) is 0 Å². The smallest absolute Gasteiger partial charge is 0.340 e. The van der Waals surface area contributed by atoms with E-state index in [2.05, 4.69) is 15.2 Å². The van der Waals surface area contributed by atoms with Gasteiger partial charge in [0.1, 0.15) is 5.15 Å². The predicted octanol–water partition coefficient (Wildman–Crippen LogP) is 3.70. The van der Waals surface area contributed by atoms with Crippen LogP contribution >= 0.6 is 23.2 Å². The molecule has 9 nitrogen and oxygen atoms in total. The number of hydrogen-bond acceptors (Lipinski definition) is 8. The Bertz CT molecular complexity index is 974. The highest BCUT2D eigenvalue weighted by atomic mass is 35.5. The molecular weight excluding hydrogens is 387 g/mol. The van der Waals surface area contributed by atoms with Crippen molar-refractivity contribution in [1.82, 2.24) is 15.2 Å². The van der Waals surface area contributed by atoms with Gasteiger partial charge in [-0.15, -0.1) is 10.2 Å². The molecule has 2 aromatic heterocycles. The van der Waals surface area contributed by atoms with E-state index >= 15 is 0 Å². The van der Waals surface area contributed by atoms with Gasteiger partial charge in [0.15, 0.2) is 6.61 Å². The topological polar surface area (TPSA) is 121 Å². The van der Waals surface area contributed by atoms with Gasteiger partial charge in [-0.3, -0.25) is 10.1 Å². The minimum atomic E-state index is -0.689. The molecule has 0 aliphatic heterocycles. The number of non-ortho nitro benzene ring substituents is 1. The summed E-state index contributed by atoms with van der Waals surface area (Å²) in [5, 5.41) is 18.4. The van der Waals surface area contributed by atoms with Crippen LogP contribution in [0.2, 0.25) is 10.2 Å². The lowest BCUT2D eigenvalue weighted by Crippen LogP contribution is -2.06. The Morgan fingerprint density at radius 2 is 1.96 bits per heavy atom. The van der Waals surface area contributed by atoms with E-state index in [4.69, 9.17) is 32.4 Å². The molecule has 2 heterocycles. The second-order valence-corrected chi connectivity index (χ2v) is 5.64. The highest BCUT2D eigenvalue weighted by Crippen LogP contribution is 2.22. The maximum Gasteiger partial charge on any atom is 0.340 e. The molecule has 3 rings (SSSR count). The average molecular weight is 395 g/mol. The minimum Gasteiger partial charge on any atom is -0.452 e. The Hall–Kier alpha value is -3.04. The summed E-state index contributed by atoms with van der Waals surface area (Å²) in [4.78, 5) is 25.8. The molecule has 0 amide bonds. The number of rotatable bonds is 5. The van der Waals surface area contributed by atoms with Gasteiger partial charge in [-0.2, -0.15) is 0 Å². The number of pyridine rings is 1. The molecular formula is C15H8Cl2N4O5. The summed E-state index contributed by atoms with van der Waals surface area (Å²) in [7, 11) is 0. The molecule has 132 valence electrons. The second kappa shape index (κ2) is 7.46. The Kier molecular flexibility index (Phi) is 5.10. The number of nitrogens with zero attached hydrogens (tertiary/aromatic N) is 4. The SMILES string of the molecule is O=C(OCc1nnc(-c2ccc([N+](=O)[O-])cc2)o1)c1cnc(Cl)c(Cl)c1. The zero-order valence-corrected chi connectivity index (χ0v) is 14.3. The van der Waals surface area contributed by atoms with Crippen LogP contribution in [0.1, 0.15) is 16.2 Å². The van der Waals surface area contributed by atoms with Crippen LogP contribution in [-0.2, 0) is 11.3 Å². The van der Waals surface area contributed by atoms with E-state index in [0.29, 0.717) is 5.56 Å². The summed E-state index contributed by atoms with van der Waals surface area (Å²) in [5.41, 5.74) is 0.557. The van der Waals surface area contributed by atoms with E-state index in [-0.39, 0.29) is 39.8 Å². The first kappa shape index (κ1) is 17.8. The predicted molar refractivity (Wildman–Crippen MR) is 89.8 cm³/mol. The third kappa shape index (κ3) is 3.95. The van der Waals surface area contributed by atoms with Crippen LogP contribution in [0.25, 0.3) is 11.5 Å². The number of esters is 1. The van der Waals surface area contributed by atoms with Gasteiger partial charge in [0, 0.05) is 23.9 Å². The van der Waals surface area contributed by atoms with Crippen molar-refractivity contribution in [3.05, 3.63) is 68.3 Å². The molecule has 0 aliphatic rings. The third-order valence-corrected chi connectivity index (χ3v) is 3.84. The normalized spacial score (nSPS) is 10.5. The van der Waals surface area contributed by atoms with Gasteiger partial charge in [-0.25, -0.2) is 9.78 Å². The van der Waals surface area contributed by atoms with E-state index in [1.54, 1.807) is 0 Å². The molecule has 26 heavy (non-hydrogen) atoms. The van der Waals surface area contributed by atoms with Crippen molar-refractivity contribution in [1.29, 1.82) is 0 Å². The quantitative estimate of drug-likeness (QED) is 0.277. The van der Waals surface area contributed by atoms with Gasteiger partial charge in [0.25, 0.3) is 11.6 Å². The molecule has 0 N–H and O–H groups in total. The fourth-order valence-corrected chi connectivity index (χ4v) is 2.17. The molecule has 0 saturated heterocycles. The highest BCUT2D eigenvalue weighted by Gasteiger charge is 2.15. The van der Waals surface area contributed by atoms with Crippen molar-refractivity contribution >= 4 is 34.9 Å². The van der Waals surface area contributed by atoms with Gasteiger partial charge in [-0.05, 0) is 18.2 Å². The number of ether oxygens (including phenoxy) is 1. The highest BCUT2D eigenvalue weighted by molar-refractivity contribution is 6.41. The summed E-state index contributed by atoms with van der Waals surface area (Å²) in [5.74, 6) is -0.493. The molecule has 11 heteroatoms. The summed E-state index contributed by atoms with van der Waals surface area (Å²) in [6, 6.07) is 6.91. The maximum atomic E-state index is 11.9. The van der Waals surface area contributed by atoms with Crippen LogP contribution in [0.4, 0.5) is 5.69 Å². The molecule has 0 unspecified atom stereocenters. The molecule has 0 spiro atoms. The molecule has 0 atom stereocenters. The second-order valence-electron chi connectivity index (χ2n) is 4.88. The van der Waals surface area contributed by atoms with Crippen LogP contribution in [0.5, 0.6) is 0 Å². The van der Waals surface area contributed by atoms with Gasteiger partial charge in [0.05, 0.1) is 15.5 Å². The number of halogens is 2. The first-order valence-electron chi connectivity index (χ1n) is 6.99. The lowest BCUT2D eigenvalue weighted by Gasteiger charge is -2.02. The van der Waals surface area contributed by atoms with Gasteiger partial charge < -0.3 is 9.15 Å². The largest absolute Gasteiger partial charge is 0.452 e. The fourth-order valence-electron chi connectivity index (χ4n) is 1.90. The number of carbonyl (C=O) groups is 1. The third-order valence-electron chi connectivity index (χ3n) is 3.15. The van der Waals surface area contributed by atoms with E-state index in [0.717, 1.165) is 0 Å².